The summed E-state index contributed by atoms with van der Waals surface area (Å²) < 4.78 is 3.95. The highest BCUT2D eigenvalue weighted by atomic mass is 32.1. The fourth-order valence-electron chi connectivity index (χ4n) is 0.638. The van der Waals surface area contributed by atoms with Crippen molar-refractivity contribution in [1.82, 2.24) is 14.7 Å². The molecular formula is C6H9N3OS. The molecule has 1 heterocycles. The van der Waals surface area contributed by atoms with E-state index < -0.39 is 0 Å². The molecule has 0 fully saturated rings. The van der Waals surface area contributed by atoms with Crippen molar-refractivity contribution in [2.45, 2.75) is 13.3 Å². The molecule has 0 bridgehead atoms. The van der Waals surface area contributed by atoms with E-state index in [0.717, 1.165) is 10.8 Å². The Morgan fingerprint density at radius 3 is 2.91 bits per heavy atom. The van der Waals surface area contributed by atoms with Crippen LogP contribution in [0.2, 0.25) is 0 Å². The summed E-state index contributed by atoms with van der Waals surface area (Å²) in [6.07, 6.45) is 0.335. The summed E-state index contributed by atoms with van der Waals surface area (Å²) in [5.74, 6) is 0.704. The second-order valence-corrected chi connectivity index (χ2v) is 2.92. The minimum Gasteiger partial charge on any atom is -0.359 e. The fraction of sp³-hybridized carbons (Fsp3) is 0.500. The van der Waals surface area contributed by atoms with Crippen molar-refractivity contribution in [3.05, 3.63) is 10.8 Å². The summed E-state index contributed by atoms with van der Waals surface area (Å²) in [6.45, 7) is 1.81. The first-order valence-corrected chi connectivity index (χ1v) is 3.99. The van der Waals surface area contributed by atoms with Gasteiger partial charge in [0.1, 0.15) is 10.8 Å². The number of hydrogen-bond donors (Lipinski definition) is 1. The van der Waals surface area contributed by atoms with Crippen LogP contribution in [0.1, 0.15) is 10.8 Å². The first-order valence-electron chi connectivity index (χ1n) is 3.22. The smallest absolute Gasteiger partial charge is 0.226 e. The van der Waals surface area contributed by atoms with E-state index >= 15 is 0 Å². The second-order valence-electron chi connectivity index (χ2n) is 2.09. The van der Waals surface area contributed by atoms with Gasteiger partial charge in [-0.3, -0.25) is 4.79 Å². The average molecular weight is 171 g/mol. The first-order chi connectivity index (χ1) is 5.22. The third kappa shape index (κ3) is 2.27. The molecular weight excluding hydrogens is 162 g/mol. The van der Waals surface area contributed by atoms with Gasteiger partial charge in [0.05, 0.1) is 6.42 Å². The van der Waals surface area contributed by atoms with Crippen LogP contribution >= 0.6 is 11.5 Å². The average Bonchev–Trinajstić information content (AvgIpc) is 2.35. The molecule has 1 amide bonds. The Kier molecular flexibility index (Phi) is 2.53. The molecule has 0 saturated carbocycles. The van der Waals surface area contributed by atoms with E-state index in [0.29, 0.717) is 6.42 Å². The number of aromatic nitrogens is 2. The predicted molar refractivity (Wildman–Crippen MR) is 42.4 cm³/mol. The summed E-state index contributed by atoms with van der Waals surface area (Å²) in [4.78, 5) is 14.9. The van der Waals surface area contributed by atoms with Gasteiger partial charge in [-0.2, -0.15) is 4.37 Å². The normalized spacial score (nSPS) is 9.64. The lowest BCUT2D eigenvalue weighted by molar-refractivity contribution is -0.119. The van der Waals surface area contributed by atoms with Gasteiger partial charge in [-0.25, -0.2) is 4.98 Å². The number of amides is 1. The molecule has 1 rings (SSSR count). The van der Waals surface area contributed by atoms with E-state index in [-0.39, 0.29) is 5.91 Å². The Morgan fingerprint density at radius 1 is 1.73 bits per heavy atom. The third-order valence-corrected chi connectivity index (χ3v) is 1.96. The van der Waals surface area contributed by atoms with Gasteiger partial charge in [0.2, 0.25) is 5.91 Å². The topological polar surface area (TPSA) is 54.9 Å². The molecule has 60 valence electrons. The zero-order valence-corrected chi connectivity index (χ0v) is 7.23. The summed E-state index contributed by atoms with van der Waals surface area (Å²) in [5, 5.41) is 3.29. The Morgan fingerprint density at radius 2 is 2.45 bits per heavy atom. The summed E-state index contributed by atoms with van der Waals surface area (Å²) in [6, 6.07) is 0. The molecule has 4 nitrogen and oxygen atoms in total. The number of hydrogen-bond acceptors (Lipinski definition) is 4. The van der Waals surface area contributed by atoms with Crippen molar-refractivity contribution in [3.63, 3.8) is 0 Å². The zero-order valence-electron chi connectivity index (χ0n) is 6.42. The largest absolute Gasteiger partial charge is 0.359 e. The van der Waals surface area contributed by atoms with E-state index in [9.17, 15) is 4.79 Å². The lowest BCUT2D eigenvalue weighted by Crippen LogP contribution is -2.19. The number of likely N-dealkylation sites (N-methyl/N-ethyl adjacent to an activating group) is 1. The monoisotopic (exact) mass is 171 g/mol. The molecule has 0 radical (unpaired) electrons. The zero-order chi connectivity index (χ0) is 8.27. The van der Waals surface area contributed by atoms with Crippen LogP contribution in [0, 0.1) is 6.92 Å². The minimum atomic E-state index is -0.0267. The van der Waals surface area contributed by atoms with Crippen molar-refractivity contribution < 1.29 is 4.79 Å². The van der Waals surface area contributed by atoms with Gasteiger partial charge in [-0.15, -0.1) is 0 Å². The van der Waals surface area contributed by atoms with E-state index in [4.69, 9.17) is 0 Å². The molecule has 0 aliphatic rings. The number of carbonyl (C=O) groups is 1. The van der Waals surface area contributed by atoms with Crippen molar-refractivity contribution >= 4 is 17.4 Å². The van der Waals surface area contributed by atoms with Crippen LogP contribution in [0.5, 0.6) is 0 Å². The van der Waals surface area contributed by atoms with Gasteiger partial charge in [0.25, 0.3) is 0 Å². The highest BCUT2D eigenvalue weighted by Crippen LogP contribution is 2.03. The van der Waals surface area contributed by atoms with Crippen LogP contribution in [-0.4, -0.2) is 22.3 Å². The molecule has 0 aromatic carbocycles. The van der Waals surface area contributed by atoms with E-state index in [1.165, 1.54) is 11.5 Å². The molecule has 1 aromatic heterocycles. The number of nitrogens with one attached hydrogen (secondary N) is 1. The maximum Gasteiger partial charge on any atom is 0.226 e. The minimum absolute atomic E-state index is 0.0267. The van der Waals surface area contributed by atoms with Gasteiger partial charge >= 0.3 is 0 Å². The molecule has 11 heavy (non-hydrogen) atoms. The van der Waals surface area contributed by atoms with Crippen LogP contribution in [0.4, 0.5) is 0 Å². The summed E-state index contributed by atoms with van der Waals surface area (Å²) >= 11 is 1.27. The Bertz CT molecular complexity index is 258. The summed E-state index contributed by atoms with van der Waals surface area (Å²) in [5.41, 5.74) is 0. The second kappa shape index (κ2) is 3.43. The summed E-state index contributed by atoms with van der Waals surface area (Å²) in [7, 11) is 1.61. The van der Waals surface area contributed by atoms with Gasteiger partial charge in [0.15, 0.2) is 0 Å². The van der Waals surface area contributed by atoms with Gasteiger partial charge in [-0.1, -0.05) is 0 Å². The quantitative estimate of drug-likeness (QED) is 0.688. The Hall–Kier alpha value is -0.970. The third-order valence-electron chi connectivity index (χ3n) is 1.16. The molecule has 1 N–H and O–H groups in total. The molecule has 0 unspecified atom stereocenters. The van der Waals surface area contributed by atoms with Crippen LogP contribution in [0.25, 0.3) is 0 Å². The molecule has 0 aliphatic carbocycles. The molecule has 0 aliphatic heterocycles. The van der Waals surface area contributed by atoms with Crippen LogP contribution < -0.4 is 5.32 Å². The lowest BCUT2D eigenvalue weighted by atomic mass is 10.4. The van der Waals surface area contributed by atoms with Crippen molar-refractivity contribution in [2.75, 3.05) is 7.05 Å². The standard InChI is InChI=1S/C6H9N3OS/c1-4-8-6(11-9-4)3-5(10)7-2/h3H2,1-2H3,(H,7,10). The van der Waals surface area contributed by atoms with Gasteiger partial charge in [0, 0.05) is 7.05 Å². The van der Waals surface area contributed by atoms with E-state index in [1.54, 1.807) is 7.05 Å². The molecule has 0 atom stereocenters. The maximum absolute atomic E-state index is 10.8. The van der Waals surface area contributed by atoms with Crippen LogP contribution in [0.3, 0.4) is 0 Å². The van der Waals surface area contributed by atoms with Crippen molar-refractivity contribution in [2.24, 2.45) is 0 Å². The molecule has 1 aromatic rings. The highest BCUT2D eigenvalue weighted by molar-refractivity contribution is 7.05. The van der Waals surface area contributed by atoms with Gasteiger partial charge in [-0.05, 0) is 18.5 Å². The lowest BCUT2D eigenvalue weighted by Gasteiger charge is -1.92. The fourth-order valence-corrected chi connectivity index (χ4v) is 1.28. The Balaban J connectivity index is 2.57. The van der Waals surface area contributed by atoms with Crippen LogP contribution in [0.15, 0.2) is 0 Å². The number of nitrogens with zero attached hydrogens (tertiary/aromatic N) is 2. The van der Waals surface area contributed by atoms with Crippen LogP contribution in [-0.2, 0) is 11.2 Å². The molecule has 0 saturated heterocycles. The molecule has 5 heteroatoms. The van der Waals surface area contributed by atoms with E-state index in [1.807, 2.05) is 6.92 Å². The molecule has 0 spiro atoms. The number of carbonyl (C=O) groups excluding carboxylic acids is 1. The highest BCUT2D eigenvalue weighted by Gasteiger charge is 2.04. The number of aryl methyl sites for hydroxylation is 1. The SMILES string of the molecule is CNC(=O)Cc1nc(C)ns1. The first kappa shape index (κ1) is 8.13. The van der Waals surface area contributed by atoms with E-state index in [2.05, 4.69) is 14.7 Å². The predicted octanol–water partition coefficient (Wildman–Crippen LogP) is 0.135. The van der Waals surface area contributed by atoms with Crippen molar-refractivity contribution in [3.8, 4) is 0 Å². The van der Waals surface area contributed by atoms with Crippen molar-refractivity contribution in [1.29, 1.82) is 0 Å². The Labute approximate surface area is 68.8 Å². The number of rotatable bonds is 2. The maximum atomic E-state index is 10.8. The van der Waals surface area contributed by atoms with Gasteiger partial charge < -0.3 is 5.32 Å².